The SMILES string of the molecule is Cc1occc1C(=O)N(CC(N)=NO)C1CCCC1. The van der Waals surface area contributed by atoms with Crippen LogP contribution < -0.4 is 5.73 Å². The number of nitrogens with zero attached hydrogens (tertiary/aromatic N) is 2. The number of furan rings is 1. The van der Waals surface area contributed by atoms with Crippen LogP contribution >= 0.6 is 0 Å². The molecule has 1 aliphatic rings. The lowest BCUT2D eigenvalue weighted by Gasteiger charge is -2.28. The van der Waals surface area contributed by atoms with Crippen LogP contribution in [0.1, 0.15) is 41.8 Å². The molecular formula is C13H19N3O3. The van der Waals surface area contributed by atoms with Crippen LogP contribution in [0.5, 0.6) is 0 Å². The third kappa shape index (κ3) is 2.89. The summed E-state index contributed by atoms with van der Waals surface area (Å²) in [5.74, 6) is 0.513. The third-order valence-corrected chi connectivity index (χ3v) is 3.58. The van der Waals surface area contributed by atoms with Gasteiger partial charge in [0.15, 0.2) is 5.84 Å². The predicted molar refractivity (Wildman–Crippen MR) is 70.1 cm³/mol. The zero-order valence-corrected chi connectivity index (χ0v) is 11.0. The molecule has 0 unspecified atom stereocenters. The fraction of sp³-hybridized carbons (Fsp3) is 0.538. The van der Waals surface area contributed by atoms with Crippen LogP contribution in [-0.2, 0) is 0 Å². The van der Waals surface area contributed by atoms with Gasteiger partial charge in [-0.1, -0.05) is 18.0 Å². The lowest BCUT2D eigenvalue weighted by Crippen LogP contribution is -2.44. The van der Waals surface area contributed by atoms with Gasteiger partial charge in [-0.3, -0.25) is 4.79 Å². The van der Waals surface area contributed by atoms with Crippen molar-refractivity contribution >= 4 is 11.7 Å². The summed E-state index contributed by atoms with van der Waals surface area (Å²) in [5, 5.41) is 11.7. The molecule has 6 heteroatoms. The highest BCUT2D eigenvalue weighted by Gasteiger charge is 2.29. The summed E-state index contributed by atoms with van der Waals surface area (Å²) in [4.78, 5) is 14.2. The number of hydrogen-bond donors (Lipinski definition) is 2. The molecule has 0 atom stereocenters. The van der Waals surface area contributed by atoms with Gasteiger partial charge in [-0.15, -0.1) is 0 Å². The van der Waals surface area contributed by atoms with Gasteiger partial charge in [-0.2, -0.15) is 0 Å². The topological polar surface area (TPSA) is 92.1 Å². The minimum Gasteiger partial charge on any atom is -0.469 e. The van der Waals surface area contributed by atoms with Gasteiger partial charge >= 0.3 is 0 Å². The number of oxime groups is 1. The first-order valence-corrected chi connectivity index (χ1v) is 6.45. The maximum absolute atomic E-state index is 12.5. The molecule has 104 valence electrons. The average molecular weight is 265 g/mol. The minimum absolute atomic E-state index is 0.0430. The molecule has 1 fully saturated rings. The number of amidine groups is 1. The van der Waals surface area contributed by atoms with Crippen LogP contribution in [0.2, 0.25) is 0 Å². The molecule has 1 aromatic rings. The van der Waals surface area contributed by atoms with Crippen molar-refractivity contribution in [2.75, 3.05) is 6.54 Å². The van der Waals surface area contributed by atoms with Gasteiger partial charge in [0.05, 0.1) is 18.4 Å². The summed E-state index contributed by atoms with van der Waals surface area (Å²) in [7, 11) is 0. The smallest absolute Gasteiger partial charge is 0.258 e. The predicted octanol–water partition coefficient (Wildman–Crippen LogP) is 1.72. The van der Waals surface area contributed by atoms with E-state index in [2.05, 4.69) is 5.16 Å². The summed E-state index contributed by atoms with van der Waals surface area (Å²) in [5.41, 5.74) is 6.09. The Bertz CT molecular complexity index is 475. The maximum atomic E-state index is 12.5. The van der Waals surface area contributed by atoms with E-state index in [-0.39, 0.29) is 24.3 Å². The number of nitrogens with two attached hydrogens (primary N) is 1. The minimum atomic E-state index is -0.121. The number of carbonyl (C=O) groups is 1. The summed E-state index contributed by atoms with van der Waals surface area (Å²) in [6.07, 6.45) is 5.63. The highest BCUT2D eigenvalue weighted by Crippen LogP contribution is 2.25. The molecule has 1 aliphatic carbocycles. The van der Waals surface area contributed by atoms with Crippen LogP contribution in [0.15, 0.2) is 21.9 Å². The number of rotatable bonds is 4. The van der Waals surface area contributed by atoms with Gasteiger partial charge < -0.3 is 20.3 Å². The van der Waals surface area contributed by atoms with Crippen LogP contribution in [0, 0.1) is 6.92 Å². The molecule has 0 bridgehead atoms. The first-order valence-electron chi connectivity index (χ1n) is 6.45. The molecule has 0 saturated heterocycles. The molecule has 6 nitrogen and oxygen atoms in total. The van der Waals surface area contributed by atoms with Crippen LogP contribution in [-0.4, -0.2) is 34.4 Å². The molecule has 1 heterocycles. The number of hydrogen-bond acceptors (Lipinski definition) is 4. The third-order valence-electron chi connectivity index (χ3n) is 3.58. The van der Waals surface area contributed by atoms with Crippen molar-refractivity contribution < 1.29 is 14.4 Å². The van der Waals surface area contributed by atoms with Crippen LogP contribution in [0.25, 0.3) is 0 Å². The first-order chi connectivity index (χ1) is 9.13. The van der Waals surface area contributed by atoms with Gasteiger partial charge in [-0.25, -0.2) is 0 Å². The van der Waals surface area contributed by atoms with Gasteiger partial charge in [0, 0.05) is 6.04 Å². The Balaban J connectivity index is 2.21. The maximum Gasteiger partial charge on any atom is 0.258 e. The Morgan fingerprint density at radius 3 is 2.79 bits per heavy atom. The van der Waals surface area contributed by atoms with E-state index in [0.29, 0.717) is 11.3 Å². The Kier molecular flexibility index (Phi) is 4.09. The zero-order valence-electron chi connectivity index (χ0n) is 11.0. The van der Waals surface area contributed by atoms with Gasteiger partial charge in [0.1, 0.15) is 5.76 Å². The molecule has 0 radical (unpaired) electrons. The standard InChI is InChI=1S/C13H19N3O3/c1-9-11(6-7-19-9)13(17)16(8-12(14)15-18)10-4-2-3-5-10/h6-7,10,18H,2-5,8H2,1H3,(H2,14,15). The Morgan fingerprint density at radius 1 is 1.58 bits per heavy atom. The second-order valence-corrected chi connectivity index (χ2v) is 4.85. The van der Waals surface area contributed by atoms with Crippen molar-refractivity contribution in [3.8, 4) is 0 Å². The number of amides is 1. The number of carbonyl (C=O) groups excluding carboxylic acids is 1. The second-order valence-electron chi connectivity index (χ2n) is 4.85. The molecule has 0 aliphatic heterocycles. The molecule has 0 aromatic carbocycles. The van der Waals surface area contributed by atoms with E-state index < -0.39 is 0 Å². The van der Waals surface area contributed by atoms with E-state index in [1.165, 1.54) is 6.26 Å². The Morgan fingerprint density at radius 2 is 2.26 bits per heavy atom. The molecule has 1 saturated carbocycles. The number of aryl methyl sites for hydroxylation is 1. The molecule has 2 rings (SSSR count). The van der Waals surface area contributed by atoms with Crippen molar-refractivity contribution in [1.29, 1.82) is 0 Å². The van der Waals surface area contributed by atoms with E-state index in [1.54, 1.807) is 17.9 Å². The van der Waals surface area contributed by atoms with Crippen LogP contribution in [0.3, 0.4) is 0 Å². The highest BCUT2D eigenvalue weighted by molar-refractivity contribution is 5.97. The Hall–Kier alpha value is -1.98. The fourth-order valence-electron chi connectivity index (χ4n) is 2.55. The highest BCUT2D eigenvalue weighted by atomic mass is 16.4. The van der Waals surface area contributed by atoms with Crippen molar-refractivity contribution in [3.63, 3.8) is 0 Å². The van der Waals surface area contributed by atoms with Crippen molar-refractivity contribution in [1.82, 2.24) is 4.90 Å². The summed E-state index contributed by atoms with van der Waals surface area (Å²) >= 11 is 0. The molecule has 3 N–H and O–H groups in total. The van der Waals surface area contributed by atoms with Crippen molar-refractivity contribution in [2.45, 2.75) is 38.6 Å². The normalized spacial score (nSPS) is 16.8. The molecule has 1 amide bonds. The van der Waals surface area contributed by atoms with Gasteiger partial charge in [0.25, 0.3) is 5.91 Å². The van der Waals surface area contributed by atoms with E-state index in [9.17, 15) is 4.79 Å². The second kappa shape index (κ2) is 5.77. The van der Waals surface area contributed by atoms with Crippen molar-refractivity contribution in [3.05, 3.63) is 23.7 Å². The average Bonchev–Trinajstić information content (AvgIpc) is 3.05. The van der Waals surface area contributed by atoms with E-state index in [1.807, 2.05) is 0 Å². The monoisotopic (exact) mass is 265 g/mol. The summed E-state index contributed by atoms with van der Waals surface area (Å²) in [6, 6.07) is 1.81. The van der Waals surface area contributed by atoms with Crippen LogP contribution in [0.4, 0.5) is 0 Å². The van der Waals surface area contributed by atoms with Crippen molar-refractivity contribution in [2.24, 2.45) is 10.9 Å². The van der Waals surface area contributed by atoms with Gasteiger partial charge in [-0.05, 0) is 25.8 Å². The molecule has 0 spiro atoms. The lowest BCUT2D eigenvalue weighted by molar-refractivity contribution is 0.0710. The lowest BCUT2D eigenvalue weighted by atomic mass is 10.1. The molecular weight excluding hydrogens is 246 g/mol. The fourth-order valence-corrected chi connectivity index (χ4v) is 2.55. The molecule has 19 heavy (non-hydrogen) atoms. The quantitative estimate of drug-likeness (QED) is 0.375. The van der Waals surface area contributed by atoms with Gasteiger partial charge in [0.2, 0.25) is 0 Å². The van der Waals surface area contributed by atoms with E-state index >= 15 is 0 Å². The summed E-state index contributed by atoms with van der Waals surface area (Å²) in [6.45, 7) is 1.90. The first kappa shape index (κ1) is 13.5. The molecule has 1 aromatic heterocycles. The Labute approximate surface area is 111 Å². The zero-order chi connectivity index (χ0) is 13.8. The van der Waals surface area contributed by atoms with E-state index in [4.69, 9.17) is 15.4 Å². The summed E-state index contributed by atoms with van der Waals surface area (Å²) < 4.78 is 5.17. The van der Waals surface area contributed by atoms with E-state index in [0.717, 1.165) is 25.7 Å². The largest absolute Gasteiger partial charge is 0.469 e.